The van der Waals surface area contributed by atoms with E-state index < -0.39 is 0 Å². The molecular weight excluding hydrogens is 286 g/mol. The van der Waals surface area contributed by atoms with Gasteiger partial charge in [0.2, 0.25) is 0 Å². The minimum Gasteiger partial charge on any atom is -0.396 e. The molecule has 20 heavy (non-hydrogen) atoms. The number of rotatable bonds is 12. The first-order valence-corrected chi connectivity index (χ1v) is 7.71. The van der Waals surface area contributed by atoms with Gasteiger partial charge in [-0.15, -0.1) is 11.6 Å². The molecule has 7 heteroatoms. The Morgan fingerprint density at radius 3 is 2.55 bits per heavy atom. The van der Waals surface area contributed by atoms with Gasteiger partial charge in [-0.25, -0.2) is 0 Å². The molecule has 2 N–H and O–H groups in total. The second-order valence-electron chi connectivity index (χ2n) is 4.62. The second kappa shape index (κ2) is 11.7. The Morgan fingerprint density at radius 1 is 1.20 bits per heavy atom. The summed E-state index contributed by atoms with van der Waals surface area (Å²) < 4.78 is 16.6. The van der Waals surface area contributed by atoms with Gasteiger partial charge in [0.1, 0.15) is 6.23 Å². The highest BCUT2D eigenvalue weighted by Crippen LogP contribution is 2.12. The van der Waals surface area contributed by atoms with Gasteiger partial charge in [-0.05, 0) is 12.8 Å². The lowest BCUT2D eigenvalue weighted by atomic mass is 10.3. The van der Waals surface area contributed by atoms with Crippen molar-refractivity contribution in [1.82, 2.24) is 4.90 Å². The van der Waals surface area contributed by atoms with Gasteiger partial charge in [-0.2, -0.15) is 0 Å². The predicted octanol–water partition coefficient (Wildman–Crippen LogP) is 0.398. The van der Waals surface area contributed by atoms with Crippen LogP contribution in [-0.4, -0.2) is 79.6 Å². The lowest BCUT2D eigenvalue weighted by Crippen LogP contribution is -2.44. The van der Waals surface area contributed by atoms with Crippen molar-refractivity contribution in [2.75, 3.05) is 52.0 Å². The highest BCUT2D eigenvalue weighted by atomic mass is 35.5. The fourth-order valence-corrected chi connectivity index (χ4v) is 2.27. The predicted molar refractivity (Wildman–Crippen MR) is 75.7 cm³/mol. The van der Waals surface area contributed by atoms with Gasteiger partial charge in [0, 0.05) is 32.1 Å². The standard InChI is InChI=1S/C13H26ClNO5/c14-4-1-2-8-18-12(3-6-16)15(5-7-17)11-13-19-9-10-20-13/h12-13,16-17H,1-11H2. The van der Waals surface area contributed by atoms with Gasteiger partial charge in [0.15, 0.2) is 6.29 Å². The van der Waals surface area contributed by atoms with Crippen molar-refractivity contribution in [1.29, 1.82) is 0 Å². The van der Waals surface area contributed by atoms with Crippen LogP contribution in [0, 0.1) is 0 Å². The molecule has 120 valence electrons. The molecule has 1 saturated heterocycles. The van der Waals surface area contributed by atoms with E-state index in [9.17, 15) is 5.11 Å². The summed E-state index contributed by atoms with van der Waals surface area (Å²) in [6, 6.07) is 0. The van der Waals surface area contributed by atoms with E-state index in [1.807, 2.05) is 4.90 Å². The summed E-state index contributed by atoms with van der Waals surface area (Å²) in [6.07, 6.45) is 1.76. The molecule has 1 unspecified atom stereocenters. The van der Waals surface area contributed by atoms with Crippen molar-refractivity contribution in [2.24, 2.45) is 0 Å². The van der Waals surface area contributed by atoms with Crippen molar-refractivity contribution >= 4 is 11.6 Å². The zero-order valence-corrected chi connectivity index (χ0v) is 12.6. The van der Waals surface area contributed by atoms with Crippen LogP contribution in [0.2, 0.25) is 0 Å². The summed E-state index contributed by atoms with van der Waals surface area (Å²) in [5.74, 6) is 0.623. The molecule has 1 fully saturated rings. The van der Waals surface area contributed by atoms with Crippen LogP contribution in [0.4, 0.5) is 0 Å². The Morgan fingerprint density at radius 2 is 1.95 bits per heavy atom. The van der Waals surface area contributed by atoms with E-state index in [2.05, 4.69) is 0 Å². The molecule has 0 aromatic rings. The minimum absolute atomic E-state index is 0.0275. The van der Waals surface area contributed by atoms with Crippen LogP contribution in [0.1, 0.15) is 19.3 Å². The molecule has 0 saturated carbocycles. The molecule has 0 amide bonds. The summed E-state index contributed by atoms with van der Waals surface area (Å²) in [4.78, 5) is 1.95. The maximum atomic E-state index is 9.18. The third-order valence-electron chi connectivity index (χ3n) is 3.08. The van der Waals surface area contributed by atoms with E-state index in [0.717, 1.165) is 12.8 Å². The molecule has 0 aromatic heterocycles. The number of hydrogen-bond donors (Lipinski definition) is 2. The normalized spacial score (nSPS) is 18.0. The zero-order valence-electron chi connectivity index (χ0n) is 11.9. The molecule has 0 spiro atoms. The third-order valence-corrected chi connectivity index (χ3v) is 3.35. The zero-order chi connectivity index (χ0) is 14.6. The smallest absolute Gasteiger partial charge is 0.170 e. The quantitative estimate of drug-likeness (QED) is 0.309. The average Bonchev–Trinajstić information content (AvgIpc) is 2.95. The van der Waals surface area contributed by atoms with Crippen molar-refractivity contribution in [3.63, 3.8) is 0 Å². The molecule has 6 nitrogen and oxygen atoms in total. The molecule has 1 rings (SSSR count). The first-order chi connectivity index (χ1) is 9.81. The SMILES string of the molecule is OCCC(OCCCCCl)N(CCO)CC1OCCO1. The lowest BCUT2D eigenvalue weighted by molar-refractivity contribution is -0.124. The maximum absolute atomic E-state index is 9.18. The van der Waals surface area contributed by atoms with Gasteiger partial charge < -0.3 is 24.4 Å². The fraction of sp³-hybridized carbons (Fsp3) is 1.00. The minimum atomic E-state index is -0.283. The third kappa shape index (κ3) is 7.17. The lowest BCUT2D eigenvalue weighted by Gasteiger charge is -2.32. The van der Waals surface area contributed by atoms with E-state index in [-0.39, 0.29) is 25.7 Å². The second-order valence-corrected chi connectivity index (χ2v) is 5.00. The van der Waals surface area contributed by atoms with Crippen LogP contribution < -0.4 is 0 Å². The molecule has 1 aliphatic rings. The van der Waals surface area contributed by atoms with Crippen molar-refractivity contribution in [3.8, 4) is 0 Å². The number of unbranched alkanes of at least 4 members (excludes halogenated alkanes) is 1. The number of hydrogen-bond acceptors (Lipinski definition) is 6. The highest BCUT2D eigenvalue weighted by Gasteiger charge is 2.25. The van der Waals surface area contributed by atoms with Gasteiger partial charge in [-0.3, -0.25) is 4.90 Å². The Kier molecular flexibility index (Phi) is 10.6. The van der Waals surface area contributed by atoms with Crippen LogP contribution in [0.25, 0.3) is 0 Å². The Hall–Kier alpha value is 0.0500. The molecule has 0 aromatic carbocycles. The first-order valence-electron chi connectivity index (χ1n) is 7.18. The largest absolute Gasteiger partial charge is 0.396 e. The monoisotopic (exact) mass is 311 g/mol. The number of aliphatic hydroxyl groups is 2. The maximum Gasteiger partial charge on any atom is 0.170 e. The summed E-state index contributed by atoms with van der Waals surface area (Å²) >= 11 is 5.63. The van der Waals surface area contributed by atoms with E-state index in [1.165, 1.54) is 0 Å². The molecule has 1 atom stereocenters. The first kappa shape index (κ1) is 18.1. The average molecular weight is 312 g/mol. The fourth-order valence-electron chi connectivity index (χ4n) is 2.08. The van der Waals surface area contributed by atoms with Crippen LogP contribution in [-0.2, 0) is 14.2 Å². The summed E-state index contributed by atoms with van der Waals surface area (Å²) in [5.41, 5.74) is 0. The van der Waals surface area contributed by atoms with E-state index in [0.29, 0.717) is 45.2 Å². The van der Waals surface area contributed by atoms with E-state index in [4.69, 9.17) is 30.9 Å². The van der Waals surface area contributed by atoms with Crippen LogP contribution >= 0.6 is 11.6 Å². The molecule has 1 aliphatic heterocycles. The summed E-state index contributed by atoms with van der Waals surface area (Å²) in [6.45, 7) is 2.84. The van der Waals surface area contributed by atoms with Gasteiger partial charge in [0.05, 0.1) is 26.4 Å². The number of halogens is 1. The Bertz CT molecular complexity index is 229. The van der Waals surface area contributed by atoms with Crippen LogP contribution in [0.5, 0.6) is 0 Å². The summed E-state index contributed by atoms with van der Waals surface area (Å²) in [7, 11) is 0. The number of ether oxygens (including phenoxy) is 3. The van der Waals surface area contributed by atoms with E-state index >= 15 is 0 Å². The van der Waals surface area contributed by atoms with Crippen molar-refractivity contribution in [2.45, 2.75) is 31.8 Å². The molecular formula is C13H26ClNO5. The Labute approximate surface area is 125 Å². The van der Waals surface area contributed by atoms with Crippen molar-refractivity contribution < 1.29 is 24.4 Å². The number of alkyl halides is 1. The number of nitrogens with zero attached hydrogens (tertiary/aromatic N) is 1. The molecule has 0 bridgehead atoms. The van der Waals surface area contributed by atoms with E-state index in [1.54, 1.807) is 0 Å². The van der Waals surface area contributed by atoms with Gasteiger partial charge in [-0.1, -0.05) is 0 Å². The van der Waals surface area contributed by atoms with Crippen LogP contribution in [0.15, 0.2) is 0 Å². The van der Waals surface area contributed by atoms with Crippen molar-refractivity contribution in [3.05, 3.63) is 0 Å². The van der Waals surface area contributed by atoms with Gasteiger partial charge >= 0.3 is 0 Å². The highest BCUT2D eigenvalue weighted by molar-refractivity contribution is 6.17. The Balaban J connectivity index is 2.42. The summed E-state index contributed by atoms with van der Waals surface area (Å²) in [5, 5.41) is 18.3. The molecule has 1 heterocycles. The topological polar surface area (TPSA) is 71.4 Å². The van der Waals surface area contributed by atoms with Crippen LogP contribution in [0.3, 0.4) is 0 Å². The molecule has 0 aliphatic carbocycles. The molecule has 0 radical (unpaired) electrons. The number of aliphatic hydroxyl groups excluding tert-OH is 2. The van der Waals surface area contributed by atoms with Gasteiger partial charge in [0.25, 0.3) is 0 Å².